The molecule has 2 aliphatic rings. The van der Waals surface area contributed by atoms with E-state index in [0.717, 1.165) is 37.3 Å². The van der Waals surface area contributed by atoms with Crippen LogP contribution in [0, 0.1) is 12.8 Å². The molecule has 118 valence electrons. The minimum absolute atomic E-state index is 0.00143. The summed E-state index contributed by atoms with van der Waals surface area (Å²) in [5, 5.41) is 3.46. The minimum atomic E-state index is -4.04. The molecule has 1 aliphatic heterocycles. The fraction of sp³-hybridized carbons (Fsp3) is 0.800. The summed E-state index contributed by atoms with van der Waals surface area (Å²) in [5.74, 6) is -0.0271. The molecule has 0 saturated heterocycles. The molecule has 2 heterocycles. The zero-order valence-corrected chi connectivity index (χ0v) is 12.3. The van der Waals surface area contributed by atoms with Crippen molar-refractivity contribution in [3.05, 3.63) is 17.7 Å². The van der Waals surface area contributed by atoms with Gasteiger partial charge in [-0.2, -0.15) is 13.2 Å². The Morgan fingerprint density at radius 3 is 2.81 bits per heavy atom. The van der Waals surface area contributed by atoms with E-state index in [-0.39, 0.29) is 24.9 Å². The number of hydrogen-bond acceptors (Lipinski definition) is 2. The lowest BCUT2D eigenvalue weighted by Crippen LogP contribution is -2.46. The summed E-state index contributed by atoms with van der Waals surface area (Å²) in [4.78, 5) is 4.46. The third-order valence-corrected chi connectivity index (χ3v) is 4.72. The highest BCUT2D eigenvalue weighted by atomic mass is 19.4. The van der Waals surface area contributed by atoms with Crippen LogP contribution in [0.25, 0.3) is 0 Å². The number of fused-ring (bicyclic) bond motifs is 1. The van der Waals surface area contributed by atoms with Gasteiger partial charge in [0.1, 0.15) is 5.82 Å². The molecule has 0 amide bonds. The van der Waals surface area contributed by atoms with E-state index in [1.807, 2.05) is 13.1 Å². The Balaban J connectivity index is 1.57. The van der Waals surface area contributed by atoms with Crippen LogP contribution in [-0.2, 0) is 13.0 Å². The first-order valence-corrected chi connectivity index (χ1v) is 7.77. The summed E-state index contributed by atoms with van der Waals surface area (Å²) in [6.45, 7) is 2.80. The molecule has 1 aliphatic carbocycles. The summed E-state index contributed by atoms with van der Waals surface area (Å²) in [6.07, 6.45) is 1.91. The van der Waals surface area contributed by atoms with E-state index in [2.05, 4.69) is 14.9 Å². The van der Waals surface area contributed by atoms with Gasteiger partial charge in [-0.15, -0.1) is 0 Å². The van der Waals surface area contributed by atoms with E-state index >= 15 is 0 Å². The average Bonchev–Trinajstić information content (AvgIpc) is 2.77. The second-order valence-corrected chi connectivity index (χ2v) is 6.46. The zero-order chi connectivity index (χ0) is 15.0. The van der Waals surface area contributed by atoms with Crippen LogP contribution in [0.15, 0.2) is 6.20 Å². The van der Waals surface area contributed by atoms with Crippen molar-refractivity contribution in [3.8, 4) is 0 Å². The molecule has 3 rings (SSSR count). The van der Waals surface area contributed by atoms with Crippen molar-refractivity contribution in [1.82, 2.24) is 14.9 Å². The van der Waals surface area contributed by atoms with Gasteiger partial charge in [-0.05, 0) is 32.6 Å². The fourth-order valence-electron chi connectivity index (χ4n) is 3.69. The van der Waals surface area contributed by atoms with Gasteiger partial charge in [-0.1, -0.05) is 6.42 Å². The van der Waals surface area contributed by atoms with Crippen LogP contribution in [0.3, 0.4) is 0 Å². The number of hydrogen-bond donors (Lipinski definition) is 1. The fourth-order valence-corrected chi connectivity index (χ4v) is 3.69. The smallest absolute Gasteiger partial charge is 0.333 e. The first-order valence-electron chi connectivity index (χ1n) is 7.77. The molecular formula is C15H22F3N3. The molecule has 0 bridgehead atoms. The van der Waals surface area contributed by atoms with Crippen LogP contribution in [0.4, 0.5) is 13.2 Å². The first kappa shape index (κ1) is 14.9. The van der Waals surface area contributed by atoms with Crippen molar-refractivity contribution in [2.75, 3.05) is 0 Å². The SMILES string of the molecule is Cc1cn2c(n1)CC[C@H](N[C@@H]1CCC[C@H](C(F)(F)F)C1)C2. The molecular weight excluding hydrogens is 279 g/mol. The average molecular weight is 301 g/mol. The van der Waals surface area contributed by atoms with Crippen molar-refractivity contribution >= 4 is 0 Å². The van der Waals surface area contributed by atoms with E-state index < -0.39 is 12.1 Å². The van der Waals surface area contributed by atoms with E-state index in [1.54, 1.807) is 0 Å². The lowest BCUT2D eigenvalue weighted by atomic mass is 9.84. The Bertz CT molecular complexity index is 495. The summed E-state index contributed by atoms with van der Waals surface area (Å²) in [5.41, 5.74) is 1.01. The largest absolute Gasteiger partial charge is 0.391 e. The maximum absolute atomic E-state index is 12.9. The summed E-state index contributed by atoms with van der Waals surface area (Å²) >= 11 is 0. The highest BCUT2D eigenvalue weighted by Crippen LogP contribution is 2.37. The minimum Gasteiger partial charge on any atom is -0.333 e. The molecule has 3 nitrogen and oxygen atoms in total. The third-order valence-electron chi connectivity index (χ3n) is 4.72. The lowest BCUT2D eigenvalue weighted by molar-refractivity contribution is -0.183. The number of nitrogens with zero attached hydrogens (tertiary/aromatic N) is 2. The summed E-state index contributed by atoms with van der Waals surface area (Å²) in [6, 6.07) is 0.268. The zero-order valence-electron chi connectivity index (χ0n) is 12.3. The van der Waals surface area contributed by atoms with Crippen LogP contribution in [-0.4, -0.2) is 27.8 Å². The van der Waals surface area contributed by atoms with E-state index in [9.17, 15) is 13.2 Å². The molecule has 1 fully saturated rings. The Labute approximate surface area is 122 Å². The van der Waals surface area contributed by atoms with Gasteiger partial charge in [0.05, 0.1) is 11.6 Å². The molecule has 0 unspecified atom stereocenters. The Hall–Kier alpha value is -1.04. The number of halogens is 3. The molecule has 6 heteroatoms. The second kappa shape index (κ2) is 5.63. The number of aryl methyl sites for hydroxylation is 2. The van der Waals surface area contributed by atoms with Gasteiger partial charge in [0.15, 0.2) is 0 Å². The van der Waals surface area contributed by atoms with Crippen LogP contribution < -0.4 is 5.32 Å². The number of aromatic nitrogens is 2. The third kappa shape index (κ3) is 3.42. The normalized spacial score (nSPS) is 30.2. The quantitative estimate of drug-likeness (QED) is 0.909. The predicted octanol–water partition coefficient (Wildman–Crippen LogP) is 3.22. The number of imidazole rings is 1. The Morgan fingerprint density at radius 2 is 2.05 bits per heavy atom. The van der Waals surface area contributed by atoms with Gasteiger partial charge in [0.25, 0.3) is 0 Å². The van der Waals surface area contributed by atoms with Crippen LogP contribution in [0.5, 0.6) is 0 Å². The second-order valence-electron chi connectivity index (χ2n) is 6.46. The first-order chi connectivity index (χ1) is 9.91. The lowest BCUT2D eigenvalue weighted by Gasteiger charge is -2.35. The van der Waals surface area contributed by atoms with Crippen molar-refractivity contribution < 1.29 is 13.2 Å². The van der Waals surface area contributed by atoms with E-state index in [0.29, 0.717) is 6.42 Å². The highest BCUT2D eigenvalue weighted by Gasteiger charge is 2.42. The molecule has 1 saturated carbocycles. The van der Waals surface area contributed by atoms with Crippen LogP contribution in [0.2, 0.25) is 0 Å². The summed E-state index contributed by atoms with van der Waals surface area (Å²) < 4.78 is 40.7. The monoisotopic (exact) mass is 301 g/mol. The van der Waals surface area contributed by atoms with Gasteiger partial charge in [0.2, 0.25) is 0 Å². The Kier molecular flexibility index (Phi) is 3.99. The summed E-state index contributed by atoms with van der Waals surface area (Å²) in [7, 11) is 0. The predicted molar refractivity (Wildman–Crippen MR) is 74.0 cm³/mol. The van der Waals surface area contributed by atoms with Gasteiger partial charge < -0.3 is 9.88 Å². The van der Waals surface area contributed by atoms with Crippen molar-refractivity contribution in [1.29, 1.82) is 0 Å². The van der Waals surface area contributed by atoms with Gasteiger partial charge in [-0.25, -0.2) is 4.98 Å². The van der Waals surface area contributed by atoms with Gasteiger partial charge in [0, 0.05) is 31.2 Å². The molecule has 1 N–H and O–H groups in total. The van der Waals surface area contributed by atoms with Crippen molar-refractivity contribution in [3.63, 3.8) is 0 Å². The van der Waals surface area contributed by atoms with Gasteiger partial charge in [-0.3, -0.25) is 0 Å². The maximum Gasteiger partial charge on any atom is 0.391 e. The molecule has 21 heavy (non-hydrogen) atoms. The number of alkyl halides is 3. The molecule has 1 aromatic heterocycles. The van der Waals surface area contributed by atoms with E-state index in [4.69, 9.17) is 0 Å². The van der Waals surface area contributed by atoms with E-state index in [1.165, 1.54) is 0 Å². The standard InChI is InChI=1S/C15H22F3N3/c1-10-8-21-9-13(5-6-14(21)19-10)20-12-4-2-3-11(7-12)15(16,17)18/h8,11-13,20H,2-7,9H2,1H3/t11-,12+,13-/m0/s1. The molecule has 0 spiro atoms. The number of nitrogens with one attached hydrogen (secondary N) is 1. The number of rotatable bonds is 2. The molecule has 0 radical (unpaired) electrons. The maximum atomic E-state index is 12.9. The molecule has 3 atom stereocenters. The van der Waals surface area contributed by atoms with Gasteiger partial charge >= 0.3 is 6.18 Å². The molecule has 1 aromatic rings. The Morgan fingerprint density at radius 1 is 1.24 bits per heavy atom. The molecule has 0 aromatic carbocycles. The topological polar surface area (TPSA) is 29.9 Å². The van der Waals surface area contributed by atoms with Crippen molar-refractivity contribution in [2.45, 2.75) is 70.3 Å². The van der Waals surface area contributed by atoms with Crippen LogP contribution >= 0.6 is 0 Å². The van der Waals surface area contributed by atoms with Crippen LogP contribution in [0.1, 0.15) is 43.6 Å². The van der Waals surface area contributed by atoms with Crippen molar-refractivity contribution in [2.24, 2.45) is 5.92 Å². The highest BCUT2D eigenvalue weighted by molar-refractivity contribution is 5.06.